The Kier molecular flexibility index (Phi) is 5.16. The maximum Gasteiger partial charge on any atom is 0.338 e. The zero-order valence-electron chi connectivity index (χ0n) is 14.8. The summed E-state index contributed by atoms with van der Waals surface area (Å²) < 4.78 is 12.5. The normalized spacial score (nSPS) is 10.7. The van der Waals surface area contributed by atoms with Gasteiger partial charge in [-0.05, 0) is 23.8 Å². The highest BCUT2D eigenvalue weighted by Gasteiger charge is 2.11. The Morgan fingerprint density at radius 1 is 1.04 bits per heavy atom. The van der Waals surface area contributed by atoms with Crippen LogP contribution in [0.15, 0.2) is 77.0 Å². The molecule has 140 valence electrons. The van der Waals surface area contributed by atoms with Gasteiger partial charge in [0.1, 0.15) is 19.0 Å². The van der Waals surface area contributed by atoms with E-state index in [1.807, 2.05) is 30.3 Å². The molecule has 0 radical (unpaired) electrons. The van der Waals surface area contributed by atoms with Gasteiger partial charge in [0.15, 0.2) is 4.96 Å². The molecule has 0 atom stereocenters. The molecule has 0 amide bonds. The largest absolute Gasteiger partial charge is 0.489 e. The lowest BCUT2D eigenvalue weighted by Gasteiger charge is -2.08. The Balaban J connectivity index is 1.40. The first-order valence-electron chi connectivity index (χ1n) is 8.59. The van der Waals surface area contributed by atoms with Crippen molar-refractivity contribution in [3.05, 3.63) is 99.4 Å². The molecule has 0 bridgehead atoms. The molecule has 0 aliphatic carbocycles. The number of hydrogen-bond donors (Lipinski definition) is 0. The minimum absolute atomic E-state index is 0.0719. The third-order valence-corrected chi connectivity index (χ3v) is 4.78. The van der Waals surface area contributed by atoms with Crippen molar-refractivity contribution in [3.63, 3.8) is 0 Å². The van der Waals surface area contributed by atoms with Crippen LogP contribution >= 0.6 is 11.3 Å². The number of fused-ring (bicyclic) bond motifs is 1. The lowest BCUT2D eigenvalue weighted by atomic mass is 10.2. The maximum atomic E-state index is 12.4. The number of thiazole rings is 1. The highest BCUT2D eigenvalue weighted by atomic mass is 32.1. The SMILES string of the molecule is O=C(OCc1cc(=O)n2ccsc2n1)c1cccc(OCc2ccccc2)c1. The van der Waals surface area contributed by atoms with Crippen LogP contribution in [0.5, 0.6) is 5.75 Å². The maximum absolute atomic E-state index is 12.4. The zero-order chi connectivity index (χ0) is 19.3. The van der Waals surface area contributed by atoms with E-state index in [9.17, 15) is 9.59 Å². The summed E-state index contributed by atoms with van der Waals surface area (Å²) in [5.41, 5.74) is 1.63. The number of aromatic nitrogens is 2. The van der Waals surface area contributed by atoms with E-state index >= 15 is 0 Å². The van der Waals surface area contributed by atoms with Crippen molar-refractivity contribution in [1.82, 2.24) is 9.38 Å². The summed E-state index contributed by atoms with van der Waals surface area (Å²) in [6.07, 6.45) is 1.66. The van der Waals surface area contributed by atoms with Crippen molar-refractivity contribution in [2.75, 3.05) is 0 Å². The van der Waals surface area contributed by atoms with Crippen molar-refractivity contribution in [3.8, 4) is 5.75 Å². The van der Waals surface area contributed by atoms with E-state index in [0.29, 0.717) is 28.6 Å². The van der Waals surface area contributed by atoms with E-state index in [-0.39, 0.29) is 12.2 Å². The summed E-state index contributed by atoms with van der Waals surface area (Å²) in [5, 5.41) is 1.78. The molecule has 6 nitrogen and oxygen atoms in total. The molecule has 0 unspecified atom stereocenters. The molecule has 0 saturated heterocycles. The van der Waals surface area contributed by atoms with Gasteiger partial charge in [-0.25, -0.2) is 9.78 Å². The first kappa shape index (κ1) is 17.9. The highest BCUT2D eigenvalue weighted by Crippen LogP contribution is 2.16. The van der Waals surface area contributed by atoms with Crippen LogP contribution in [0.1, 0.15) is 21.6 Å². The first-order valence-corrected chi connectivity index (χ1v) is 9.47. The molecular formula is C21H16N2O4S. The molecule has 0 aliphatic heterocycles. The summed E-state index contributed by atoms with van der Waals surface area (Å²) in [6, 6.07) is 18.0. The molecule has 0 aliphatic rings. The molecule has 0 saturated carbocycles. The van der Waals surface area contributed by atoms with E-state index in [4.69, 9.17) is 9.47 Å². The van der Waals surface area contributed by atoms with Crippen LogP contribution in [0.4, 0.5) is 0 Å². The van der Waals surface area contributed by atoms with Crippen molar-refractivity contribution >= 4 is 22.3 Å². The average molecular weight is 392 g/mol. The van der Waals surface area contributed by atoms with Crippen LogP contribution in [0.25, 0.3) is 4.96 Å². The van der Waals surface area contributed by atoms with Crippen LogP contribution in [0.2, 0.25) is 0 Å². The van der Waals surface area contributed by atoms with Gasteiger partial charge < -0.3 is 9.47 Å². The van der Waals surface area contributed by atoms with E-state index in [0.717, 1.165) is 5.56 Å². The fourth-order valence-electron chi connectivity index (χ4n) is 2.64. The molecule has 4 rings (SSSR count). The van der Waals surface area contributed by atoms with E-state index in [1.54, 1.807) is 35.8 Å². The van der Waals surface area contributed by atoms with Gasteiger partial charge in [-0.15, -0.1) is 11.3 Å². The minimum atomic E-state index is -0.502. The Bertz CT molecular complexity index is 1170. The van der Waals surface area contributed by atoms with Crippen LogP contribution in [-0.2, 0) is 18.0 Å². The van der Waals surface area contributed by atoms with Gasteiger partial charge in [-0.3, -0.25) is 9.20 Å². The minimum Gasteiger partial charge on any atom is -0.489 e. The lowest BCUT2D eigenvalue weighted by Crippen LogP contribution is -2.14. The fourth-order valence-corrected chi connectivity index (χ4v) is 3.38. The Morgan fingerprint density at radius 2 is 1.89 bits per heavy atom. The van der Waals surface area contributed by atoms with Crippen LogP contribution in [0.3, 0.4) is 0 Å². The molecule has 2 aromatic heterocycles. The van der Waals surface area contributed by atoms with Gasteiger partial charge in [0.05, 0.1) is 11.3 Å². The number of esters is 1. The van der Waals surface area contributed by atoms with E-state index in [1.165, 1.54) is 21.8 Å². The zero-order valence-corrected chi connectivity index (χ0v) is 15.6. The Labute approximate surface area is 164 Å². The molecule has 0 N–H and O–H groups in total. The second-order valence-corrected chi connectivity index (χ2v) is 6.89. The summed E-state index contributed by atoms with van der Waals surface area (Å²) >= 11 is 1.35. The molecular weight excluding hydrogens is 376 g/mol. The van der Waals surface area contributed by atoms with Gasteiger partial charge in [-0.1, -0.05) is 36.4 Å². The molecule has 2 aromatic carbocycles. The number of rotatable bonds is 6. The van der Waals surface area contributed by atoms with Crippen LogP contribution < -0.4 is 10.3 Å². The van der Waals surface area contributed by atoms with E-state index < -0.39 is 5.97 Å². The molecule has 7 heteroatoms. The molecule has 0 fully saturated rings. The Morgan fingerprint density at radius 3 is 2.75 bits per heavy atom. The van der Waals surface area contributed by atoms with Gasteiger partial charge >= 0.3 is 5.97 Å². The summed E-state index contributed by atoms with van der Waals surface area (Å²) in [7, 11) is 0. The highest BCUT2D eigenvalue weighted by molar-refractivity contribution is 7.15. The average Bonchev–Trinajstić information content (AvgIpc) is 3.21. The molecule has 2 heterocycles. The van der Waals surface area contributed by atoms with Crippen molar-refractivity contribution in [2.24, 2.45) is 0 Å². The van der Waals surface area contributed by atoms with Gasteiger partial charge in [0.2, 0.25) is 0 Å². The van der Waals surface area contributed by atoms with Gasteiger partial charge in [0.25, 0.3) is 5.56 Å². The van der Waals surface area contributed by atoms with Crippen molar-refractivity contribution < 1.29 is 14.3 Å². The van der Waals surface area contributed by atoms with Crippen molar-refractivity contribution in [2.45, 2.75) is 13.2 Å². The van der Waals surface area contributed by atoms with Gasteiger partial charge in [-0.2, -0.15) is 0 Å². The quantitative estimate of drug-likeness (QED) is 0.468. The summed E-state index contributed by atoms with van der Waals surface area (Å²) in [4.78, 5) is 29.2. The standard InChI is InChI=1S/C21H16N2O4S/c24-19-12-17(22-21-23(19)9-10-28-21)14-27-20(25)16-7-4-8-18(11-16)26-13-15-5-2-1-3-6-15/h1-12H,13-14H2. The molecule has 4 aromatic rings. The monoisotopic (exact) mass is 392 g/mol. The topological polar surface area (TPSA) is 69.9 Å². The van der Waals surface area contributed by atoms with Crippen molar-refractivity contribution in [1.29, 1.82) is 0 Å². The second kappa shape index (κ2) is 8.06. The number of benzene rings is 2. The molecule has 0 spiro atoms. The number of carbonyl (C=O) groups excluding carboxylic acids is 1. The number of ether oxygens (including phenoxy) is 2. The first-order chi connectivity index (χ1) is 13.7. The fraction of sp³-hybridized carbons (Fsp3) is 0.0952. The number of hydrogen-bond acceptors (Lipinski definition) is 6. The summed E-state index contributed by atoms with van der Waals surface area (Å²) in [6.45, 7) is 0.339. The third kappa shape index (κ3) is 4.10. The number of carbonyl (C=O) groups is 1. The van der Waals surface area contributed by atoms with Crippen LogP contribution in [0, 0.1) is 0 Å². The van der Waals surface area contributed by atoms with Crippen LogP contribution in [-0.4, -0.2) is 15.4 Å². The summed E-state index contributed by atoms with van der Waals surface area (Å²) in [5.74, 6) is 0.0769. The predicted molar refractivity (Wildman–Crippen MR) is 106 cm³/mol. The number of nitrogens with zero attached hydrogens (tertiary/aromatic N) is 2. The van der Waals surface area contributed by atoms with Gasteiger partial charge in [0, 0.05) is 17.6 Å². The predicted octanol–water partition coefficient (Wildman–Crippen LogP) is 3.69. The third-order valence-electron chi connectivity index (χ3n) is 4.03. The second-order valence-electron chi connectivity index (χ2n) is 6.02. The molecule has 28 heavy (non-hydrogen) atoms. The Hall–Kier alpha value is -3.45. The smallest absolute Gasteiger partial charge is 0.338 e. The van der Waals surface area contributed by atoms with E-state index in [2.05, 4.69) is 4.98 Å². The lowest BCUT2D eigenvalue weighted by molar-refractivity contribution is 0.0467.